The molecule has 1 atom stereocenters. The molecule has 1 saturated heterocycles. The van der Waals surface area contributed by atoms with Gasteiger partial charge in [-0.25, -0.2) is 4.99 Å². The van der Waals surface area contributed by atoms with Crippen LogP contribution in [0.15, 0.2) is 17.1 Å². The Balaban J connectivity index is 0.00000420. The molecular formula is C18H28Cl2F2IN5O. The predicted molar refractivity (Wildman–Crippen MR) is 125 cm³/mol. The van der Waals surface area contributed by atoms with E-state index < -0.39 is 6.61 Å². The summed E-state index contributed by atoms with van der Waals surface area (Å²) in [4.78, 5) is 9.08. The van der Waals surface area contributed by atoms with Crippen LogP contribution in [0.4, 0.5) is 8.78 Å². The second kappa shape index (κ2) is 12.9. The summed E-state index contributed by atoms with van der Waals surface area (Å²) in [6, 6.07) is 3.25. The van der Waals surface area contributed by atoms with E-state index in [9.17, 15) is 8.78 Å². The van der Waals surface area contributed by atoms with E-state index in [4.69, 9.17) is 23.2 Å². The van der Waals surface area contributed by atoms with Gasteiger partial charge in [-0.1, -0.05) is 23.2 Å². The standard InChI is InChI=1S/C18H27Cl2F2N5O.HI/c1-4-23-18(25-10-14-11-26(2)5-6-27(14)3)24-9-12-7-13(19)8-15(20)16(12)28-17(21)22;/h7-8,14,17H,4-6,9-11H2,1-3H3,(H2,23,24,25);1H. The number of nitrogens with zero attached hydrogens (tertiary/aromatic N) is 3. The summed E-state index contributed by atoms with van der Waals surface area (Å²) in [5, 5.41) is 6.84. The number of benzene rings is 1. The van der Waals surface area contributed by atoms with Crippen molar-refractivity contribution in [1.82, 2.24) is 20.4 Å². The summed E-state index contributed by atoms with van der Waals surface area (Å²) in [5.41, 5.74) is 0.393. The molecule has 6 nitrogen and oxygen atoms in total. The van der Waals surface area contributed by atoms with Gasteiger partial charge in [0.15, 0.2) is 5.96 Å². The number of halogens is 5. The first-order chi connectivity index (χ1) is 13.3. The molecule has 2 rings (SSSR count). The van der Waals surface area contributed by atoms with Crippen molar-refractivity contribution >= 4 is 53.1 Å². The Hall–Kier alpha value is -0.620. The lowest BCUT2D eigenvalue weighted by Gasteiger charge is -2.37. The van der Waals surface area contributed by atoms with Gasteiger partial charge in [-0.15, -0.1) is 24.0 Å². The second-order valence-electron chi connectivity index (χ2n) is 6.73. The third-order valence-electron chi connectivity index (χ3n) is 4.53. The van der Waals surface area contributed by atoms with Crippen LogP contribution in [0.25, 0.3) is 0 Å². The van der Waals surface area contributed by atoms with Crippen LogP contribution < -0.4 is 15.4 Å². The molecule has 29 heavy (non-hydrogen) atoms. The van der Waals surface area contributed by atoms with E-state index in [-0.39, 0.29) is 41.3 Å². The Morgan fingerprint density at radius 3 is 2.66 bits per heavy atom. The topological polar surface area (TPSA) is 52.1 Å². The Labute approximate surface area is 198 Å². The third-order valence-corrected chi connectivity index (χ3v) is 5.03. The first kappa shape index (κ1) is 26.4. The highest BCUT2D eigenvalue weighted by Crippen LogP contribution is 2.34. The average Bonchev–Trinajstić information content (AvgIpc) is 2.62. The lowest BCUT2D eigenvalue weighted by molar-refractivity contribution is -0.0503. The highest BCUT2D eigenvalue weighted by molar-refractivity contribution is 14.0. The Morgan fingerprint density at radius 1 is 1.28 bits per heavy atom. The molecule has 0 aliphatic carbocycles. The highest BCUT2D eigenvalue weighted by Gasteiger charge is 2.22. The van der Waals surface area contributed by atoms with Crippen LogP contribution in [-0.2, 0) is 6.54 Å². The number of ether oxygens (including phenoxy) is 1. The largest absolute Gasteiger partial charge is 0.433 e. The molecule has 0 bridgehead atoms. The number of nitrogens with one attached hydrogen (secondary N) is 2. The molecule has 0 aromatic heterocycles. The minimum Gasteiger partial charge on any atom is -0.433 e. The van der Waals surface area contributed by atoms with Gasteiger partial charge in [0, 0.05) is 49.4 Å². The number of rotatable bonds is 7. The maximum Gasteiger partial charge on any atom is 0.387 e. The zero-order valence-electron chi connectivity index (χ0n) is 16.7. The van der Waals surface area contributed by atoms with Crippen LogP contribution >= 0.6 is 47.2 Å². The summed E-state index contributed by atoms with van der Waals surface area (Å²) in [5.74, 6) is 0.484. The van der Waals surface area contributed by atoms with E-state index in [1.165, 1.54) is 12.1 Å². The van der Waals surface area contributed by atoms with E-state index >= 15 is 0 Å². The van der Waals surface area contributed by atoms with Crippen molar-refractivity contribution in [1.29, 1.82) is 0 Å². The maximum atomic E-state index is 12.7. The van der Waals surface area contributed by atoms with Gasteiger partial charge in [0.2, 0.25) is 0 Å². The lowest BCUT2D eigenvalue weighted by Crippen LogP contribution is -2.55. The monoisotopic (exact) mass is 565 g/mol. The van der Waals surface area contributed by atoms with Crippen molar-refractivity contribution in [3.05, 3.63) is 27.7 Å². The van der Waals surface area contributed by atoms with Gasteiger partial charge < -0.3 is 20.3 Å². The molecule has 0 amide bonds. The number of likely N-dealkylation sites (N-methyl/N-ethyl adjacent to an activating group) is 2. The molecule has 1 fully saturated rings. The zero-order valence-corrected chi connectivity index (χ0v) is 20.6. The van der Waals surface area contributed by atoms with Crippen LogP contribution in [0.5, 0.6) is 5.75 Å². The smallest absolute Gasteiger partial charge is 0.387 e. The number of guanidine groups is 1. The first-order valence-corrected chi connectivity index (χ1v) is 9.89. The van der Waals surface area contributed by atoms with Crippen molar-refractivity contribution in [2.45, 2.75) is 26.1 Å². The highest BCUT2D eigenvalue weighted by atomic mass is 127. The zero-order chi connectivity index (χ0) is 20.7. The van der Waals surface area contributed by atoms with Crippen molar-refractivity contribution in [2.75, 3.05) is 46.8 Å². The van der Waals surface area contributed by atoms with Gasteiger partial charge in [0.25, 0.3) is 0 Å². The number of alkyl halides is 2. The van der Waals surface area contributed by atoms with Gasteiger partial charge >= 0.3 is 6.61 Å². The van der Waals surface area contributed by atoms with Crippen LogP contribution in [0.2, 0.25) is 10.0 Å². The molecule has 0 saturated carbocycles. The van der Waals surface area contributed by atoms with Crippen LogP contribution in [0.3, 0.4) is 0 Å². The third kappa shape index (κ3) is 8.56. The molecule has 1 aliphatic heterocycles. The minimum absolute atomic E-state index is 0. The summed E-state index contributed by atoms with van der Waals surface area (Å²) >= 11 is 12.0. The average molecular weight is 566 g/mol. The normalized spacial score (nSPS) is 18.5. The van der Waals surface area contributed by atoms with Gasteiger partial charge in [0.05, 0.1) is 11.6 Å². The number of hydrogen-bond donors (Lipinski definition) is 2. The van der Waals surface area contributed by atoms with E-state index in [1.807, 2.05) is 6.92 Å². The Morgan fingerprint density at radius 2 is 2.00 bits per heavy atom. The number of hydrogen-bond acceptors (Lipinski definition) is 4. The molecule has 1 aromatic rings. The molecule has 1 unspecified atom stereocenters. The van der Waals surface area contributed by atoms with Crippen LogP contribution in [-0.4, -0.2) is 75.2 Å². The van der Waals surface area contributed by atoms with Crippen molar-refractivity contribution in [2.24, 2.45) is 4.99 Å². The van der Waals surface area contributed by atoms with E-state index in [0.29, 0.717) is 35.7 Å². The summed E-state index contributed by atoms with van der Waals surface area (Å²) in [6.07, 6.45) is 0. The Bertz CT molecular complexity index is 684. The van der Waals surface area contributed by atoms with Crippen LogP contribution in [0.1, 0.15) is 12.5 Å². The predicted octanol–water partition coefficient (Wildman–Crippen LogP) is 3.51. The summed E-state index contributed by atoms with van der Waals surface area (Å²) in [7, 11) is 4.21. The fraction of sp³-hybridized carbons (Fsp3) is 0.611. The van der Waals surface area contributed by atoms with E-state index in [2.05, 4.69) is 44.3 Å². The maximum absolute atomic E-state index is 12.7. The van der Waals surface area contributed by atoms with Crippen molar-refractivity contribution < 1.29 is 13.5 Å². The molecular weight excluding hydrogens is 538 g/mol. The fourth-order valence-electron chi connectivity index (χ4n) is 2.99. The van der Waals surface area contributed by atoms with Crippen molar-refractivity contribution in [3.63, 3.8) is 0 Å². The molecule has 1 aliphatic rings. The first-order valence-electron chi connectivity index (χ1n) is 9.13. The molecule has 1 aromatic carbocycles. The van der Waals surface area contributed by atoms with Crippen molar-refractivity contribution in [3.8, 4) is 5.75 Å². The van der Waals surface area contributed by atoms with E-state index in [0.717, 1.165) is 19.6 Å². The molecule has 2 N–H and O–H groups in total. The van der Waals surface area contributed by atoms with Gasteiger partial charge in [-0.05, 0) is 33.2 Å². The summed E-state index contributed by atoms with van der Waals surface area (Å²) < 4.78 is 30.0. The number of aliphatic imine (C=N–C) groups is 1. The second-order valence-corrected chi connectivity index (χ2v) is 7.57. The Kier molecular flexibility index (Phi) is 11.8. The molecule has 1 heterocycles. The number of piperazine rings is 1. The molecule has 0 radical (unpaired) electrons. The lowest BCUT2D eigenvalue weighted by atomic mass is 10.2. The molecule has 11 heteroatoms. The molecule has 166 valence electrons. The van der Waals surface area contributed by atoms with Crippen LogP contribution in [0, 0.1) is 0 Å². The molecule has 0 spiro atoms. The SMILES string of the molecule is CCNC(=NCc1cc(Cl)cc(Cl)c1OC(F)F)NCC1CN(C)CCN1C.I. The van der Waals surface area contributed by atoms with E-state index in [1.54, 1.807) is 0 Å². The van der Waals surface area contributed by atoms with Gasteiger partial charge in [-0.2, -0.15) is 8.78 Å². The minimum atomic E-state index is -2.98. The van der Waals surface area contributed by atoms with Gasteiger partial charge in [0.1, 0.15) is 5.75 Å². The fourth-order valence-corrected chi connectivity index (χ4v) is 3.57. The van der Waals surface area contributed by atoms with Gasteiger partial charge in [-0.3, -0.25) is 4.90 Å². The quantitative estimate of drug-likeness (QED) is 0.301. The summed E-state index contributed by atoms with van der Waals surface area (Å²) in [6.45, 7) is 3.46.